The van der Waals surface area contributed by atoms with Crippen LogP contribution in [0.5, 0.6) is 0 Å². The molecular weight excluding hydrogens is 312 g/mol. The maximum Gasteiger partial charge on any atom is 0.187 e. The molecule has 0 N–H and O–H groups in total. The van der Waals surface area contributed by atoms with E-state index in [2.05, 4.69) is 0 Å². The van der Waals surface area contributed by atoms with Gasteiger partial charge in [0.1, 0.15) is 11.7 Å². The van der Waals surface area contributed by atoms with Gasteiger partial charge >= 0.3 is 0 Å². The summed E-state index contributed by atoms with van der Waals surface area (Å²) in [5, 5.41) is 9.88. The summed E-state index contributed by atoms with van der Waals surface area (Å²) < 4.78 is 13.8. The quantitative estimate of drug-likeness (QED) is 0.752. The number of benzene rings is 2. The van der Waals surface area contributed by atoms with Gasteiger partial charge in [0.25, 0.3) is 0 Å². The monoisotopic (exact) mass is 321 g/mol. The molecule has 5 heteroatoms. The first-order valence-corrected chi connectivity index (χ1v) is 6.84. The van der Waals surface area contributed by atoms with E-state index in [1.165, 1.54) is 30.3 Å². The summed E-state index contributed by atoms with van der Waals surface area (Å²) in [4.78, 5) is 12.4. The third-order valence-corrected chi connectivity index (χ3v) is 3.61. The molecule has 2 nitrogen and oxygen atoms in total. The summed E-state index contributed by atoms with van der Waals surface area (Å²) in [6.07, 6.45) is 0. The molecule has 0 heterocycles. The van der Waals surface area contributed by atoms with Gasteiger partial charge in [0.15, 0.2) is 5.78 Å². The van der Waals surface area contributed by atoms with Crippen LogP contribution in [-0.4, -0.2) is 5.78 Å². The Morgan fingerprint density at radius 2 is 1.95 bits per heavy atom. The molecule has 0 bridgehead atoms. The van der Waals surface area contributed by atoms with E-state index >= 15 is 0 Å². The lowest BCUT2D eigenvalue weighted by atomic mass is 9.91. The first-order chi connectivity index (χ1) is 9.93. The molecule has 0 saturated heterocycles. The molecule has 2 rings (SSSR count). The van der Waals surface area contributed by atoms with Crippen LogP contribution < -0.4 is 0 Å². The molecule has 0 amide bonds. The van der Waals surface area contributed by atoms with Crippen molar-refractivity contribution in [2.24, 2.45) is 0 Å². The number of ketones is 1. The number of halogens is 3. The van der Waals surface area contributed by atoms with Crippen molar-refractivity contribution in [1.82, 2.24) is 0 Å². The van der Waals surface area contributed by atoms with E-state index in [0.29, 0.717) is 10.6 Å². The van der Waals surface area contributed by atoms with Gasteiger partial charge in [0.05, 0.1) is 11.6 Å². The van der Waals surface area contributed by atoms with Crippen LogP contribution in [0.15, 0.2) is 36.4 Å². The first kappa shape index (κ1) is 15.5. The van der Waals surface area contributed by atoms with Gasteiger partial charge in [-0.2, -0.15) is 5.26 Å². The SMILES string of the molecule is Cc1ccc(F)c(C(=O)C(C#N)c2ccc(Cl)cc2Cl)c1. The number of aryl methyl sites for hydroxylation is 1. The van der Waals surface area contributed by atoms with Crippen LogP contribution in [0.2, 0.25) is 10.0 Å². The van der Waals surface area contributed by atoms with E-state index in [-0.39, 0.29) is 10.6 Å². The lowest BCUT2D eigenvalue weighted by molar-refractivity contribution is 0.0975. The molecule has 0 radical (unpaired) electrons. The molecule has 0 aliphatic carbocycles. The zero-order valence-corrected chi connectivity index (χ0v) is 12.5. The molecule has 106 valence electrons. The molecule has 1 atom stereocenters. The van der Waals surface area contributed by atoms with Crippen LogP contribution in [0.25, 0.3) is 0 Å². The van der Waals surface area contributed by atoms with E-state index in [4.69, 9.17) is 23.2 Å². The van der Waals surface area contributed by atoms with Crippen LogP contribution in [0.3, 0.4) is 0 Å². The Morgan fingerprint density at radius 1 is 1.24 bits per heavy atom. The zero-order valence-electron chi connectivity index (χ0n) is 11.0. The molecule has 0 aliphatic rings. The number of nitrogens with zero attached hydrogens (tertiary/aromatic N) is 1. The standard InChI is InChI=1S/C16H10Cl2FNO/c1-9-2-5-15(19)12(6-9)16(21)13(8-20)11-4-3-10(17)7-14(11)18/h2-7,13H,1H3. The third kappa shape index (κ3) is 3.24. The Hall–Kier alpha value is -1.89. The predicted molar refractivity (Wildman–Crippen MR) is 80.3 cm³/mol. The largest absolute Gasteiger partial charge is 0.292 e. The molecule has 0 spiro atoms. The van der Waals surface area contributed by atoms with Crippen molar-refractivity contribution in [3.8, 4) is 6.07 Å². The van der Waals surface area contributed by atoms with E-state index in [1.54, 1.807) is 13.0 Å². The Kier molecular flexibility index (Phi) is 4.62. The average Bonchev–Trinajstić information content (AvgIpc) is 2.44. The summed E-state index contributed by atoms with van der Waals surface area (Å²) in [6, 6.07) is 10.6. The van der Waals surface area contributed by atoms with Crippen LogP contribution in [0, 0.1) is 24.1 Å². The molecule has 2 aromatic rings. The Morgan fingerprint density at radius 3 is 2.57 bits per heavy atom. The van der Waals surface area contributed by atoms with Gasteiger partial charge < -0.3 is 0 Å². The fourth-order valence-electron chi connectivity index (χ4n) is 1.99. The van der Waals surface area contributed by atoms with E-state index in [1.807, 2.05) is 6.07 Å². The van der Waals surface area contributed by atoms with Crippen molar-refractivity contribution in [2.45, 2.75) is 12.8 Å². The van der Waals surface area contributed by atoms with Crippen LogP contribution >= 0.6 is 23.2 Å². The van der Waals surface area contributed by atoms with Gasteiger partial charge in [-0.05, 0) is 36.8 Å². The third-order valence-electron chi connectivity index (χ3n) is 3.05. The highest BCUT2D eigenvalue weighted by Crippen LogP contribution is 2.30. The predicted octanol–water partition coefficient (Wildman–Crippen LogP) is 4.93. The maximum atomic E-state index is 13.8. The fraction of sp³-hybridized carbons (Fsp3) is 0.125. The van der Waals surface area contributed by atoms with Crippen molar-refractivity contribution < 1.29 is 9.18 Å². The van der Waals surface area contributed by atoms with Gasteiger partial charge in [-0.3, -0.25) is 4.79 Å². The number of rotatable bonds is 3. The molecule has 21 heavy (non-hydrogen) atoms. The van der Waals surface area contributed by atoms with Crippen LogP contribution in [-0.2, 0) is 0 Å². The highest BCUT2D eigenvalue weighted by Gasteiger charge is 2.26. The minimum absolute atomic E-state index is 0.118. The van der Waals surface area contributed by atoms with Crippen LogP contribution in [0.4, 0.5) is 4.39 Å². The number of hydrogen-bond acceptors (Lipinski definition) is 2. The van der Waals surface area contributed by atoms with Gasteiger partial charge in [-0.15, -0.1) is 0 Å². The zero-order chi connectivity index (χ0) is 15.6. The summed E-state index contributed by atoms with van der Waals surface area (Å²) in [5.74, 6) is -2.45. The lowest BCUT2D eigenvalue weighted by Crippen LogP contribution is -2.13. The smallest absolute Gasteiger partial charge is 0.187 e. The topological polar surface area (TPSA) is 40.9 Å². The Labute approximate surface area is 131 Å². The minimum Gasteiger partial charge on any atom is -0.292 e. The summed E-state index contributed by atoms with van der Waals surface area (Å²) >= 11 is 11.8. The summed E-state index contributed by atoms with van der Waals surface area (Å²) in [5.41, 5.74) is 0.931. The number of hydrogen-bond donors (Lipinski definition) is 0. The van der Waals surface area contributed by atoms with Crippen molar-refractivity contribution >= 4 is 29.0 Å². The van der Waals surface area contributed by atoms with Gasteiger partial charge in [0.2, 0.25) is 0 Å². The van der Waals surface area contributed by atoms with Gasteiger partial charge in [-0.1, -0.05) is 40.9 Å². The second kappa shape index (κ2) is 6.26. The van der Waals surface area contributed by atoms with Crippen LogP contribution in [0.1, 0.15) is 27.4 Å². The van der Waals surface area contributed by atoms with E-state index in [0.717, 1.165) is 5.56 Å². The molecule has 1 unspecified atom stereocenters. The Balaban J connectivity index is 2.49. The van der Waals surface area contributed by atoms with Crippen molar-refractivity contribution in [1.29, 1.82) is 5.26 Å². The first-order valence-electron chi connectivity index (χ1n) is 6.09. The molecule has 0 saturated carbocycles. The molecule has 0 fully saturated rings. The summed E-state index contributed by atoms with van der Waals surface area (Å²) in [6.45, 7) is 1.74. The number of carbonyl (C=O) groups is 1. The molecule has 0 aromatic heterocycles. The lowest BCUT2D eigenvalue weighted by Gasteiger charge is -2.12. The van der Waals surface area contributed by atoms with Gasteiger partial charge in [-0.25, -0.2) is 4.39 Å². The number of carbonyl (C=O) groups excluding carboxylic acids is 1. The van der Waals surface area contributed by atoms with E-state index < -0.39 is 17.5 Å². The Bertz CT molecular complexity index is 752. The highest BCUT2D eigenvalue weighted by molar-refractivity contribution is 6.35. The van der Waals surface area contributed by atoms with Crippen molar-refractivity contribution in [3.05, 3.63) is 69.0 Å². The number of nitriles is 1. The highest BCUT2D eigenvalue weighted by atomic mass is 35.5. The number of Topliss-reactive ketones (excluding diaryl/α,β-unsaturated/α-hetero) is 1. The normalized spacial score (nSPS) is 11.8. The van der Waals surface area contributed by atoms with Crippen molar-refractivity contribution in [3.63, 3.8) is 0 Å². The maximum absolute atomic E-state index is 13.8. The van der Waals surface area contributed by atoms with Gasteiger partial charge in [0, 0.05) is 10.0 Å². The average molecular weight is 322 g/mol. The van der Waals surface area contributed by atoms with E-state index in [9.17, 15) is 14.4 Å². The van der Waals surface area contributed by atoms with Crippen molar-refractivity contribution in [2.75, 3.05) is 0 Å². The molecular formula is C16H10Cl2FNO. The molecule has 2 aromatic carbocycles. The molecule has 0 aliphatic heterocycles. The fourth-order valence-corrected chi connectivity index (χ4v) is 2.51. The second-order valence-electron chi connectivity index (χ2n) is 4.58. The summed E-state index contributed by atoms with van der Waals surface area (Å²) in [7, 11) is 0. The second-order valence-corrected chi connectivity index (χ2v) is 5.42. The minimum atomic E-state index is -1.17.